The molecule has 2 atom stereocenters. The standard InChI is InChI=1S/C15H18FNO2/c1-10-8-12(5-6-14(10)16)15(18)11(2)17-9-13-4-3-7-19-13/h3-8,11,15,17-18H,9H2,1-2H3. The molecule has 3 nitrogen and oxygen atoms in total. The van der Waals surface area contributed by atoms with Crippen molar-refractivity contribution in [3.63, 3.8) is 0 Å². The summed E-state index contributed by atoms with van der Waals surface area (Å²) in [6.07, 6.45) is 0.927. The number of rotatable bonds is 5. The Bertz CT molecular complexity index is 525. The number of halogens is 1. The van der Waals surface area contributed by atoms with E-state index in [2.05, 4.69) is 5.32 Å². The quantitative estimate of drug-likeness (QED) is 0.871. The minimum absolute atomic E-state index is 0.157. The van der Waals surface area contributed by atoms with Gasteiger partial charge in [-0.3, -0.25) is 0 Å². The van der Waals surface area contributed by atoms with E-state index in [0.29, 0.717) is 17.7 Å². The van der Waals surface area contributed by atoms with Crippen LogP contribution >= 0.6 is 0 Å². The van der Waals surface area contributed by atoms with Crippen LogP contribution < -0.4 is 5.32 Å². The van der Waals surface area contributed by atoms with Crippen molar-refractivity contribution >= 4 is 0 Å². The summed E-state index contributed by atoms with van der Waals surface area (Å²) in [5, 5.41) is 13.4. The van der Waals surface area contributed by atoms with Gasteiger partial charge >= 0.3 is 0 Å². The third kappa shape index (κ3) is 3.43. The zero-order valence-corrected chi connectivity index (χ0v) is 11.1. The van der Waals surface area contributed by atoms with Crippen LogP contribution in [-0.4, -0.2) is 11.1 Å². The van der Waals surface area contributed by atoms with Gasteiger partial charge in [0, 0.05) is 6.04 Å². The molecule has 0 saturated carbocycles. The molecule has 0 fully saturated rings. The van der Waals surface area contributed by atoms with Crippen molar-refractivity contribution < 1.29 is 13.9 Å². The summed E-state index contributed by atoms with van der Waals surface area (Å²) in [7, 11) is 0. The third-order valence-corrected chi connectivity index (χ3v) is 3.18. The Morgan fingerprint density at radius 2 is 2.16 bits per heavy atom. The Balaban J connectivity index is 1.97. The summed E-state index contributed by atoms with van der Waals surface area (Å²) < 4.78 is 18.4. The van der Waals surface area contributed by atoms with Crippen molar-refractivity contribution in [3.8, 4) is 0 Å². The molecule has 2 aromatic rings. The lowest BCUT2D eigenvalue weighted by atomic mass is 10.0. The average Bonchev–Trinajstić information content (AvgIpc) is 2.91. The normalized spacial score (nSPS) is 14.3. The highest BCUT2D eigenvalue weighted by Gasteiger charge is 2.17. The van der Waals surface area contributed by atoms with Crippen LogP contribution in [0.25, 0.3) is 0 Å². The molecule has 2 unspecified atom stereocenters. The van der Waals surface area contributed by atoms with E-state index in [4.69, 9.17) is 4.42 Å². The molecule has 0 bridgehead atoms. The lowest BCUT2D eigenvalue weighted by Gasteiger charge is -2.20. The molecule has 0 saturated heterocycles. The molecule has 2 N–H and O–H groups in total. The van der Waals surface area contributed by atoms with Crippen molar-refractivity contribution in [2.24, 2.45) is 0 Å². The minimum Gasteiger partial charge on any atom is -0.468 e. The highest BCUT2D eigenvalue weighted by molar-refractivity contribution is 5.26. The molecule has 0 spiro atoms. The second-order valence-electron chi connectivity index (χ2n) is 4.70. The zero-order valence-electron chi connectivity index (χ0n) is 11.1. The summed E-state index contributed by atoms with van der Waals surface area (Å²) in [5.41, 5.74) is 1.24. The SMILES string of the molecule is Cc1cc(C(O)C(C)NCc2ccco2)ccc1F. The fourth-order valence-electron chi connectivity index (χ4n) is 1.93. The maximum Gasteiger partial charge on any atom is 0.126 e. The Morgan fingerprint density at radius 1 is 1.37 bits per heavy atom. The molecular formula is C15H18FNO2. The summed E-state index contributed by atoms with van der Waals surface area (Å²) in [6.45, 7) is 4.12. The Morgan fingerprint density at radius 3 is 2.79 bits per heavy atom. The maximum atomic E-state index is 13.2. The Hall–Kier alpha value is -1.65. The first-order chi connectivity index (χ1) is 9.08. The minimum atomic E-state index is -0.686. The lowest BCUT2D eigenvalue weighted by molar-refractivity contribution is 0.134. The van der Waals surface area contributed by atoms with Crippen LogP contribution in [0.4, 0.5) is 4.39 Å². The maximum absolute atomic E-state index is 13.2. The van der Waals surface area contributed by atoms with Crippen LogP contribution in [0.15, 0.2) is 41.0 Å². The number of furan rings is 1. The van der Waals surface area contributed by atoms with E-state index in [1.165, 1.54) is 6.07 Å². The number of aryl methyl sites for hydroxylation is 1. The van der Waals surface area contributed by atoms with Gasteiger partial charge in [-0.15, -0.1) is 0 Å². The van der Waals surface area contributed by atoms with Gasteiger partial charge in [0.05, 0.1) is 18.9 Å². The van der Waals surface area contributed by atoms with Crippen molar-refractivity contribution in [2.45, 2.75) is 32.5 Å². The van der Waals surface area contributed by atoms with Gasteiger partial charge in [0.15, 0.2) is 0 Å². The predicted octanol–water partition coefficient (Wildman–Crippen LogP) is 2.94. The van der Waals surface area contributed by atoms with E-state index < -0.39 is 6.10 Å². The molecule has 0 aliphatic carbocycles. The number of hydrogen-bond acceptors (Lipinski definition) is 3. The lowest BCUT2D eigenvalue weighted by Crippen LogP contribution is -2.31. The van der Waals surface area contributed by atoms with Gasteiger partial charge in [-0.05, 0) is 43.2 Å². The van der Waals surface area contributed by atoms with E-state index in [9.17, 15) is 9.50 Å². The van der Waals surface area contributed by atoms with Gasteiger partial charge in [0.2, 0.25) is 0 Å². The van der Waals surface area contributed by atoms with Gasteiger partial charge in [0.1, 0.15) is 11.6 Å². The largest absolute Gasteiger partial charge is 0.468 e. The fourth-order valence-corrected chi connectivity index (χ4v) is 1.93. The molecule has 0 radical (unpaired) electrons. The molecule has 102 valence electrons. The summed E-state index contributed by atoms with van der Waals surface area (Å²) >= 11 is 0. The van der Waals surface area contributed by atoms with Gasteiger partial charge in [-0.25, -0.2) is 4.39 Å². The molecule has 2 rings (SSSR count). The van der Waals surface area contributed by atoms with Gasteiger partial charge < -0.3 is 14.8 Å². The van der Waals surface area contributed by atoms with Gasteiger partial charge in [0.25, 0.3) is 0 Å². The molecule has 1 aromatic carbocycles. The fraction of sp³-hybridized carbons (Fsp3) is 0.333. The smallest absolute Gasteiger partial charge is 0.126 e. The van der Waals surface area contributed by atoms with E-state index in [-0.39, 0.29) is 11.9 Å². The molecule has 1 aromatic heterocycles. The van der Waals surface area contributed by atoms with E-state index in [1.807, 2.05) is 19.1 Å². The monoisotopic (exact) mass is 263 g/mol. The average molecular weight is 263 g/mol. The first-order valence-corrected chi connectivity index (χ1v) is 6.28. The van der Waals surface area contributed by atoms with Crippen molar-refractivity contribution in [1.29, 1.82) is 0 Å². The van der Waals surface area contributed by atoms with E-state index in [0.717, 1.165) is 5.76 Å². The second kappa shape index (κ2) is 5.99. The van der Waals surface area contributed by atoms with Crippen LogP contribution in [0.5, 0.6) is 0 Å². The Labute approximate surface area is 112 Å². The predicted molar refractivity (Wildman–Crippen MR) is 71.1 cm³/mol. The van der Waals surface area contributed by atoms with E-state index in [1.54, 1.807) is 25.3 Å². The van der Waals surface area contributed by atoms with Crippen molar-refractivity contribution in [2.75, 3.05) is 0 Å². The van der Waals surface area contributed by atoms with Crippen LogP contribution in [0.3, 0.4) is 0 Å². The van der Waals surface area contributed by atoms with Crippen LogP contribution in [0, 0.1) is 12.7 Å². The number of nitrogens with one attached hydrogen (secondary N) is 1. The molecule has 0 amide bonds. The highest BCUT2D eigenvalue weighted by Crippen LogP contribution is 2.19. The molecule has 19 heavy (non-hydrogen) atoms. The van der Waals surface area contributed by atoms with E-state index >= 15 is 0 Å². The van der Waals surface area contributed by atoms with Gasteiger partial charge in [-0.1, -0.05) is 12.1 Å². The van der Waals surface area contributed by atoms with Crippen molar-refractivity contribution in [3.05, 3.63) is 59.3 Å². The van der Waals surface area contributed by atoms with Gasteiger partial charge in [-0.2, -0.15) is 0 Å². The zero-order chi connectivity index (χ0) is 13.8. The number of hydrogen-bond donors (Lipinski definition) is 2. The first kappa shape index (κ1) is 13.8. The molecular weight excluding hydrogens is 245 g/mol. The summed E-state index contributed by atoms with van der Waals surface area (Å²) in [5.74, 6) is 0.557. The third-order valence-electron chi connectivity index (χ3n) is 3.18. The molecule has 1 heterocycles. The molecule has 0 aliphatic rings. The Kier molecular flexibility index (Phi) is 4.35. The molecule has 0 aliphatic heterocycles. The number of aliphatic hydroxyl groups excluding tert-OH is 1. The molecule has 4 heteroatoms. The first-order valence-electron chi connectivity index (χ1n) is 6.28. The summed E-state index contributed by atoms with van der Waals surface area (Å²) in [4.78, 5) is 0. The topological polar surface area (TPSA) is 45.4 Å². The highest BCUT2D eigenvalue weighted by atomic mass is 19.1. The van der Waals surface area contributed by atoms with Crippen LogP contribution in [-0.2, 0) is 6.54 Å². The second-order valence-corrected chi connectivity index (χ2v) is 4.70. The van der Waals surface area contributed by atoms with Crippen molar-refractivity contribution in [1.82, 2.24) is 5.32 Å². The summed E-state index contributed by atoms with van der Waals surface area (Å²) in [6, 6.07) is 8.20. The van der Waals surface area contributed by atoms with Crippen LogP contribution in [0.2, 0.25) is 0 Å². The number of aliphatic hydroxyl groups is 1. The van der Waals surface area contributed by atoms with Crippen LogP contribution in [0.1, 0.15) is 29.9 Å². The number of benzene rings is 1.